The van der Waals surface area contributed by atoms with Crippen molar-refractivity contribution in [1.82, 2.24) is 9.80 Å². The zero-order valence-corrected chi connectivity index (χ0v) is 12.3. The van der Waals surface area contributed by atoms with Gasteiger partial charge in [-0.1, -0.05) is 32.5 Å². The first-order chi connectivity index (χ1) is 8.60. The Hall–Kier alpha value is -0.680. The van der Waals surface area contributed by atoms with E-state index in [9.17, 15) is 4.79 Å². The second-order valence-corrected chi connectivity index (χ2v) is 5.35. The van der Waals surface area contributed by atoms with E-state index in [0.717, 1.165) is 45.4 Å². The molecule has 1 amide bonds. The Morgan fingerprint density at radius 3 is 2.28 bits per heavy atom. The first kappa shape index (κ1) is 15.4. The summed E-state index contributed by atoms with van der Waals surface area (Å²) in [5.74, 6) is 0.277. The molecule has 104 valence electrons. The van der Waals surface area contributed by atoms with Crippen LogP contribution >= 0.6 is 12.2 Å². The largest absolute Gasteiger partial charge is 0.392 e. The van der Waals surface area contributed by atoms with Crippen molar-refractivity contribution in [2.45, 2.75) is 45.6 Å². The topological polar surface area (TPSA) is 49.6 Å². The van der Waals surface area contributed by atoms with Gasteiger partial charge in [-0.3, -0.25) is 9.69 Å². The van der Waals surface area contributed by atoms with Gasteiger partial charge in [0.1, 0.15) is 0 Å². The highest BCUT2D eigenvalue weighted by atomic mass is 32.1. The van der Waals surface area contributed by atoms with Crippen molar-refractivity contribution >= 4 is 23.1 Å². The highest BCUT2D eigenvalue weighted by Crippen LogP contribution is 2.12. The number of rotatable bonds is 6. The fourth-order valence-electron chi connectivity index (χ4n) is 2.43. The molecule has 4 nitrogen and oxygen atoms in total. The maximum Gasteiger partial charge on any atom is 0.222 e. The maximum atomic E-state index is 11.8. The van der Waals surface area contributed by atoms with Crippen molar-refractivity contribution in [3.63, 3.8) is 0 Å². The summed E-state index contributed by atoms with van der Waals surface area (Å²) in [7, 11) is 0. The third-order valence-electron chi connectivity index (χ3n) is 3.46. The number of hydrogen-bond acceptors (Lipinski definition) is 3. The molecule has 0 aromatic rings. The Balaban J connectivity index is 2.46. The minimum Gasteiger partial charge on any atom is -0.392 e. The van der Waals surface area contributed by atoms with Crippen LogP contribution in [0.3, 0.4) is 0 Å². The van der Waals surface area contributed by atoms with E-state index in [-0.39, 0.29) is 11.9 Å². The predicted molar refractivity (Wildman–Crippen MR) is 78.5 cm³/mol. The van der Waals surface area contributed by atoms with E-state index >= 15 is 0 Å². The summed E-state index contributed by atoms with van der Waals surface area (Å²) in [6, 6.07) is 0.202. The Morgan fingerprint density at radius 2 is 1.83 bits per heavy atom. The molecule has 2 N–H and O–H groups in total. The van der Waals surface area contributed by atoms with Crippen LogP contribution in [-0.4, -0.2) is 52.9 Å². The zero-order valence-electron chi connectivity index (χ0n) is 11.5. The SMILES string of the molecule is CCCC(=O)N1CCN(C(CCC)C(N)=S)CC1. The summed E-state index contributed by atoms with van der Waals surface area (Å²) in [4.78, 5) is 16.7. The third kappa shape index (κ3) is 4.21. The van der Waals surface area contributed by atoms with Crippen molar-refractivity contribution < 1.29 is 4.79 Å². The molecule has 1 aliphatic rings. The molecule has 1 heterocycles. The first-order valence-electron chi connectivity index (χ1n) is 6.91. The van der Waals surface area contributed by atoms with Crippen molar-refractivity contribution in [3.8, 4) is 0 Å². The average Bonchev–Trinajstić information content (AvgIpc) is 2.36. The highest BCUT2D eigenvalue weighted by Gasteiger charge is 2.26. The van der Waals surface area contributed by atoms with Gasteiger partial charge < -0.3 is 10.6 Å². The van der Waals surface area contributed by atoms with E-state index in [1.807, 2.05) is 11.8 Å². The molecule has 1 atom stereocenters. The second kappa shape index (κ2) is 7.69. The molecule has 0 aliphatic carbocycles. The van der Waals surface area contributed by atoms with Gasteiger partial charge in [0.15, 0.2) is 0 Å². The van der Waals surface area contributed by atoms with Gasteiger partial charge >= 0.3 is 0 Å². The number of nitrogens with zero attached hydrogens (tertiary/aromatic N) is 2. The Kier molecular flexibility index (Phi) is 6.57. The van der Waals surface area contributed by atoms with E-state index in [1.165, 1.54) is 0 Å². The minimum atomic E-state index is 0.202. The van der Waals surface area contributed by atoms with E-state index in [4.69, 9.17) is 18.0 Å². The van der Waals surface area contributed by atoms with Crippen molar-refractivity contribution in [2.75, 3.05) is 26.2 Å². The molecule has 0 bridgehead atoms. The van der Waals surface area contributed by atoms with Crippen molar-refractivity contribution in [2.24, 2.45) is 5.73 Å². The lowest BCUT2D eigenvalue weighted by molar-refractivity contribution is -0.133. The van der Waals surface area contributed by atoms with Crippen LogP contribution in [0.4, 0.5) is 0 Å². The predicted octanol–water partition coefficient (Wildman–Crippen LogP) is 1.39. The van der Waals surface area contributed by atoms with Crippen LogP contribution in [0.15, 0.2) is 0 Å². The molecule has 1 fully saturated rings. The molecule has 1 aliphatic heterocycles. The molecule has 5 heteroatoms. The number of carbonyl (C=O) groups is 1. The van der Waals surface area contributed by atoms with Gasteiger partial charge in [0.05, 0.1) is 11.0 Å². The van der Waals surface area contributed by atoms with Gasteiger partial charge in [-0.2, -0.15) is 0 Å². The van der Waals surface area contributed by atoms with Gasteiger partial charge in [0.25, 0.3) is 0 Å². The molecule has 1 saturated heterocycles. The minimum absolute atomic E-state index is 0.202. The molecule has 0 radical (unpaired) electrons. The monoisotopic (exact) mass is 271 g/mol. The summed E-state index contributed by atoms with van der Waals surface area (Å²) in [5, 5.41) is 0. The number of amides is 1. The zero-order chi connectivity index (χ0) is 13.5. The number of thiocarbonyl (C=S) groups is 1. The van der Waals surface area contributed by atoms with Crippen LogP contribution in [0, 0.1) is 0 Å². The summed E-state index contributed by atoms with van der Waals surface area (Å²) < 4.78 is 0. The van der Waals surface area contributed by atoms with Gasteiger partial charge in [-0.05, 0) is 12.8 Å². The lowest BCUT2D eigenvalue weighted by atomic mass is 10.1. The summed E-state index contributed by atoms with van der Waals surface area (Å²) in [6.45, 7) is 7.57. The molecule has 0 aromatic heterocycles. The molecule has 1 rings (SSSR count). The first-order valence-corrected chi connectivity index (χ1v) is 7.32. The smallest absolute Gasteiger partial charge is 0.222 e. The van der Waals surface area contributed by atoms with Crippen LogP contribution in [0.1, 0.15) is 39.5 Å². The summed E-state index contributed by atoms with van der Waals surface area (Å²) in [6.07, 6.45) is 3.67. The molecular formula is C13H25N3OS. The Bertz CT molecular complexity index is 288. The van der Waals surface area contributed by atoms with Crippen molar-refractivity contribution in [3.05, 3.63) is 0 Å². The van der Waals surface area contributed by atoms with E-state index < -0.39 is 0 Å². The molecule has 0 saturated carbocycles. The van der Waals surface area contributed by atoms with Crippen LogP contribution in [0.5, 0.6) is 0 Å². The van der Waals surface area contributed by atoms with Gasteiger partial charge in [0, 0.05) is 32.6 Å². The lowest BCUT2D eigenvalue weighted by Crippen LogP contribution is -2.54. The fraction of sp³-hybridized carbons (Fsp3) is 0.846. The standard InChI is InChI=1S/C13H25N3OS/c1-3-5-11(13(14)18)15-7-9-16(10-8-15)12(17)6-4-2/h11H,3-10H2,1-2H3,(H2,14,18). The van der Waals surface area contributed by atoms with E-state index in [2.05, 4.69) is 11.8 Å². The Morgan fingerprint density at radius 1 is 1.22 bits per heavy atom. The van der Waals surface area contributed by atoms with Crippen LogP contribution in [0.2, 0.25) is 0 Å². The molecule has 18 heavy (non-hydrogen) atoms. The molecular weight excluding hydrogens is 246 g/mol. The summed E-state index contributed by atoms with van der Waals surface area (Å²) in [5.41, 5.74) is 5.80. The normalized spacial score (nSPS) is 18.7. The number of nitrogens with two attached hydrogens (primary N) is 1. The molecule has 1 unspecified atom stereocenters. The van der Waals surface area contributed by atoms with Crippen LogP contribution < -0.4 is 5.73 Å². The second-order valence-electron chi connectivity index (χ2n) is 4.87. The highest BCUT2D eigenvalue weighted by molar-refractivity contribution is 7.80. The van der Waals surface area contributed by atoms with Gasteiger partial charge in [0.2, 0.25) is 5.91 Å². The quantitative estimate of drug-likeness (QED) is 0.742. The molecule has 0 spiro atoms. The number of carbonyl (C=O) groups excluding carboxylic acids is 1. The Labute approximate surface area is 115 Å². The number of piperazine rings is 1. The molecule has 0 aromatic carbocycles. The van der Waals surface area contributed by atoms with Gasteiger partial charge in [-0.15, -0.1) is 0 Å². The van der Waals surface area contributed by atoms with Crippen LogP contribution in [-0.2, 0) is 4.79 Å². The maximum absolute atomic E-state index is 11.8. The number of hydrogen-bond donors (Lipinski definition) is 1. The third-order valence-corrected chi connectivity index (χ3v) is 3.73. The van der Waals surface area contributed by atoms with E-state index in [1.54, 1.807) is 0 Å². The lowest BCUT2D eigenvalue weighted by Gasteiger charge is -2.39. The van der Waals surface area contributed by atoms with Crippen LogP contribution in [0.25, 0.3) is 0 Å². The van der Waals surface area contributed by atoms with Gasteiger partial charge in [-0.25, -0.2) is 0 Å². The fourth-order valence-corrected chi connectivity index (χ4v) is 2.70. The average molecular weight is 271 g/mol. The summed E-state index contributed by atoms with van der Waals surface area (Å²) >= 11 is 5.14. The van der Waals surface area contributed by atoms with Crippen molar-refractivity contribution in [1.29, 1.82) is 0 Å². The van der Waals surface area contributed by atoms with E-state index in [0.29, 0.717) is 11.4 Å².